The van der Waals surface area contributed by atoms with Crippen LogP contribution >= 0.6 is 0 Å². The van der Waals surface area contributed by atoms with Crippen LogP contribution in [0.5, 0.6) is 0 Å². The minimum Gasteiger partial charge on any atom is -0.347 e. The number of benzene rings is 2. The van der Waals surface area contributed by atoms with Gasteiger partial charge in [0.25, 0.3) is 15.9 Å². The molecule has 0 saturated heterocycles. The number of anilines is 1. The van der Waals surface area contributed by atoms with Crippen molar-refractivity contribution in [3.05, 3.63) is 59.7 Å². The zero-order valence-electron chi connectivity index (χ0n) is 15.6. The van der Waals surface area contributed by atoms with E-state index in [4.69, 9.17) is 0 Å². The molecule has 152 valence electrons. The summed E-state index contributed by atoms with van der Waals surface area (Å²) >= 11 is 0. The Kier molecular flexibility index (Phi) is 6.08. The number of nitrogens with one attached hydrogen (secondary N) is 2. The summed E-state index contributed by atoms with van der Waals surface area (Å²) in [6.07, 6.45) is -3.87. The summed E-state index contributed by atoms with van der Waals surface area (Å²) in [5.74, 6) is -0.346. The lowest BCUT2D eigenvalue weighted by Crippen LogP contribution is -2.42. The molecule has 5 nitrogen and oxygen atoms in total. The molecule has 9 heteroatoms. The van der Waals surface area contributed by atoms with Gasteiger partial charge in [-0.1, -0.05) is 13.0 Å². The van der Waals surface area contributed by atoms with E-state index in [1.165, 1.54) is 30.3 Å². The maximum absolute atomic E-state index is 12.8. The molecule has 2 rings (SSSR count). The summed E-state index contributed by atoms with van der Waals surface area (Å²) in [5, 5.41) is 2.83. The molecule has 0 spiro atoms. The van der Waals surface area contributed by atoms with Crippen molar-refractivity contribution in [1.29, 1.82) is 0 Å². The first-order valence-corrected chi connectivity index (χ1v) is 9.95. The van der Waals surface area contributed by atoms with E-state index in [0.717, 1.165) is 12.1 Å². The van der Waals surface area contributed by atoms with E-state index < -0.39 is 27.3 Å². The highest BCUT2D eigenvalue weighted by molar-refractivity contribution is 7.92. The van der Waals surface area contributed by atoms with E-state index in [-0.39, 0.29) is 22.1 Å². The van der Waals surface area contributed by atoms with Crippen LogP contribution in [0.15, 0.2) is 53.4 Å². The number of carbonyl (C=O) groups is 1. The van der Waals surface area contributed by atoms with Crippen LogP contribution in [-0.4, -0.2) is 19.9 Å². The maximum Gasteiger partial charge on any atom is 0.416 e. The minimum atomic E-state index is -4.58. The molecule has 0 atom stereocenters. The Balaban J connectivity index is 2.20. The molecule has 0 aromatic heterocycles. The maximum atomic E-state index is 12.8. The molecule has 0 aliphatic heterocycles. The summed E-state index contributed by atoms with van der Waals surface area (Å²) < 4.78 is 65.3. The number of rotatable bonds is 6. The van der Waals surface area contributed by atoms with Gasteiger partial charge in [-0.15, -0.1) is 0 Å². The average Bonchev–Trinajstić information content (AvgIpc) is 2.60. The van der Waals surface area contributed by atoms with Crippen LogP contribution in [0.1, 0.15) is 43.1 Å². The van der Waals surface area contributed by atoms with Gasteiger partial charge in [0.15, 0.2) is 0 Å². The van der Waals surface area contributed by atoms with E-state index >= 15 is 0 Å². The summed E-state index contributed by atoms with van der Waals surface area (Å²) in [5.41, 5.74) is -1.30. The monoisotopic (exact) mass is 414 g/mol. The van der Waals surface area contributed by atoms with Gasteiger partial charge in [0, 0.05) is 16.8 Å². The fraction of sp³-hybridized carbons (Fsp3) is 0.316. The Labute approximate surface area is 162 Å². The molecular formula is C19H21F3N2O3S. The van der Waals surface area contributed by atoms with E-state index in [1.807, 2.05) is 20.8 Å². The quantitative estimate of drug-likeness (QED) is 0.735. The van der Waals surface area contributed by atoms with Crippen LogP contribution in [0.3, 0.4) is 0 Å². The Hall–Kier alpha value is -2.55. The normalized spacial score (nSPS) is 12.5. The molecule has 0 heterocycles. The Morgan fingerprint density at radius 2 is 1.64 bits per heavy atom. The summed E-state index contributed by atoms with van der Waals surface area (Å²) in [6, 6.07) is 9.05. The van der Waals surface area contributed by atoms with Gasteiger partial charge in [0.1, 0.15) is 0 Å². The zero-order chi connectivity index (χ0) is 21.2. The molecular weight excluding hydrogens is 393 g/mol. The number of hydrogen-bond acceptors (Lipinski definition) is 3. The standard InChI is InChI=1S/C19H21F3N2O3S/c1-4-18(2,3)23-17(25)13-8-10-16(11-9-13)28(26,27)24-15-7-5-6-14(12-15)19(20,21)22/h5-12,24H,4H2,1-3H3,(H,23,25). The third-order valence-corrected chi connectivity index (χ3v) is 5.60. The van der Waals surface area contributed by atoms with Crippen molar-refractivity contribution >= 4 is 21.6 Å². The Morgan fingerprint density at radius 3 is 2.18 bits per heavy atom. The second-order valence-corrected chi connectivity index (χ2v) is 8.58. The van der Waals surface area contributed by atoms with Crippen LogP contribution in [0.2, 0.25) is 0 Å². The van der Waals surface area contributed by atoms with Crippen molar-refractivity contribution in [2.45, 2.75) is 43.8 Å². The SMILES string of the molecule is CCC(C)(C)NC(=O)c1ccc(S(=O)(=O)Nc2cccc(C(F)(F)F)c2)cc1. The van der Waals surface area contributed by atoms with Gasteiger partial charge in [-0.25, -0.2) is 8.42 Å². The second-order valence-electron chi connectivity index (χ2n) is 6.90. The van der Waals surface area contributed by atoms with Crippen molar-refractivity contribution in [3.8, 4) is 0 Å². The van der Waals surface area contributed by atoms with Crippen LogP contribution in [0.25, 0.3) is 0 Å². The second kappa shape index (κ2) is 7.83. The predicted molar refractivity (Wildman–Crippen MR) is 101 cm³/mol. The number of carbonyl (C=O) groups excluding carboxylic acids is 1. The lowest BCUT2D eigenvalue weighted by Gasteiger charge is -2.24. The van der Waals surface area contributed by atoms with E-state index in [0.29, 0.717) is 12.5 Å². The molecule has 0 aliphatic rings. The van der Waals surface area contributed by atoms with Crippen LogP contribution < -0.4 is 10.0 Å². The fourth-order valence-corrected chi connectivity index (χ4v) is 3.28. The first-order valence-electron chi connectivity index (χ1n) is 8.47. The molecule has 0 radical (unpaired) electrons. The molecule has 28 heavy (non-hydrogen) atoms. The number of hydrogen-bond donors (Lipinski definition) is 2. The number of alkyl halides is 3. The minimum absolute atomic E-state index is 0.170. The largest absolute Gasteiger partial charge is 0.416 e. The van der Waals surface area contributed by atoms with Gasteiger partial charge < -0.3 is 5.32 Å². The predicted octanol–water partition coefficient (Wildman–Crippen LogP) is 4.42. The van der Waals surface area contributed by atoms with Gasteiger partial charge in [-0.3, -0.25) is 9.52 Å². The average molecular weight is 414 g/mol. The smallest absolute Gasteiger partial charge is 0.347 e. The van der Waals surface area contributed by atoms with E-state index in [9.17, 15) is 26.4 Å². The highest BCUT2D eigenvalue weighted by Crippen LogP contribution is 2.31. The zero-order valence-corrected chi connectivity index (χ0v) is 16.4. The summed E-state index contributed by atoms with van der Waals surface area (Å²) in [7, 11) is -4.11. The van der Waals surface area contributed by atoms with Gasteiger partial charge >= 0.3 is 6.18 Å². The van der Waals surface area contributed by atoms with Crippen LogP contribution in [-0.2, 0) is 16.2 Å². The number of halogens is 3. The highest BCUT2D eigenvalue weighted by atomic mass is 32.2. The van der Waals surface area contributed by atoms with Crippen LogP contribution in [0, 0.1) is 0 Å². The third-order valence-electron chi connectivity index (χ3n) is 4.20. The van der Waals surface area contributed by atoms with Gasteiger partial charge in [-0.2, -0.15) is 13.2 Å². The molecule has 1 amide bonds. The lowest BCUT2D eigenvalue weighted by molar-refractivity contribution is -0.137. The molecule has 0 bridgehead atoms. The molecule has 0 aliphatic carbocycles. The topological polar surface area (TPSA) is 75.3 Å². The highest BCUT2D eigenvalue weighted by Gasteiger charge is 2.30. The number of sulfonamides is 1. The molecule has 2 aromatic carbocycles. The first kappa shape index (κ1) is 21.7. The van der Waals surface area contributed by atoms with E-state index in [1.54, 1.807) is 0 Å². The van der Waals surface area contributed by atoms with E-state index in [2.05, 4.69) is 10.0 Å². The summed E-state index contributed by atoms with van der Waals surface area (Å²) in [4.78, 5) is 12.0. The Morgan fingerprint density at radius 1 is 1.04 bits per heavy atom. The molecule has 0 saturated carbocycles. The van der Waals surface area contributed by atoms with Crippen molar-refractivity contribution in [2.24, 2.45) is 0 Å². The fourth-order valence-electron chi connectivity index (χ4n) is 2.23. The van der Waals surface area contributed by atoms with Crippen molar-refractivity contribution < 1.29 is 26.4 Å². The van der Waals surface area contributed by atoms with Gasteiger partial charge in [-0.05, 0) is 62.7 Å². The molecule has 0 unspecified atom stereocenters. The van der Waals surface area contributed by atoms with Gasteiger partial charge in [0.2, 0.25) is 0 Å². The van der Waals surface area contributed by atoms with Crippen molar-refractivity contribution in [1.82, 2.24) is 5.32 Å². The van der Waals surface area contributed by atoms with Crippen molar-refractivity contribution in [3.63, 3.8) is 0 Å². The number of amides is 1. The third kappa shape index (κ3) is 5.48. The molecule has 2 N–H and O–H groups in total. The summed E-state index contributed by atoms with van der Waals surface area (Å²) in [6.45, 7) is 5.65. The molecule has 2 aromatic rings. The van der Waals surface area contributed by atoms with Crippen molar-refractivity contribution in [2.75, 3.05) is 4.72 Å². The lowest BCUT2D eigenvalue weighted by atomic mass is 10.0. The Bertz CT molecular complexity index is 953. The van der Waals surface area contributed by atoms with Gasteiger partial charge in [0.05, 0.1) is 10.5 Å². The molecule has 0 fully saturated rings. The van der Waals surface area contributed by atoms with Crippen LogP contribution in [0.4, 0.5) is 18.9 Å². The first-order chi connectivity index (χ1) is 12.8.